The number of carbonyl (C=O) groups is 1. The summed E-state index contributed by atoms with van der Waals surface area (Å²) in [6.07, 6.45) is 3.39. The molecule has 4 aromatic rings. The van der Waals surface area contributed by atoms with Gasteiger partial charge in [-0.2, -0.15) is 0 Å². The summed E-state index contributed by atoms with van der Waals surface area (Å²) in [7, 11) is 0. The van der Waals surface area contributed by atoms with Crippen LogP contribution >= 0.6 is 11.6 Å². The van der Waals surface area contributed by atoms with Gasteiger partial charge in [0.15, 0.2) is 5.43 Å². The van der Waals surface area contributed by atoms with Gasteiger partial charge in [0.2, 0.25) is 5.76 Å². The fourth-order valence-electron chi connectivity index (χ4n) is 4.35. The number of hydrogen-bond acceptors (Lipinski definition) is 4. The zero-order valence-electron chi connectivity index (χ0n) is 17.1. The third kappa shape index (κ3) is 3.22. The van der Waals surface area contributed by atoms with E-state index < -0.39 is 6.04 Å². The van der Waals surface area contributed by atoms with E-state index in [-0.39, 0.29) is 17.1 Å². The maximum atomic E-state index is 13.7. The van der Waals surface area contributed by atoms with E-state index in [1.165, 1.54) is 0 Å². The average molecular weight is 431 g/mol. The van der Waals surface area contributed by atoms with Crippen molar-refractivity contribution in [2.24, 2.45) is 0 Å². The number of aryl methyl sites for hydroxylation is 2. The van der Waals surface area contributed by atoms with E-state index >= 15 is 0 Å². The lowest BCUT2D eigenvalue weighted by Crippen LogP contribution is -2.29. The number of fused-ring (bicyclic) bond motifs is 2. The second-order valence-electron chi connectivity index (χ2n) is 7.88. The van der Waals surface area contributed by atoms with Gasteiger partial charge in [-0.3, -0.25) is 14.6 Å². The molecule has 3 heterocycles. The summed E-state index contributed by atoms with van der Waals surface area (Å²) >= 11 is 6.26. The smallest absolute Gasteiger partial charge is 0.291 e. The number of rotatable bonds is 3. The highest BCUT2D eigenvalue weighted by atomic mass is 35.5. The Morgan fingerprint density at radius 1 is 1.10 bits per heavy atom. The molecule has 0 aliphatic carbocycles. The van der Waals surface area contributed by atoms with Crippen molar-refractivity contribution in [1.29, 1.82) is 0 Å². The van der Waals surface area contributed by atoms with Crippen LogP contribution < -0.4 is 5.43 Å². The second kappa shape index (κ2) is 7.36. The van der Waals surface area contributed by atoms with Gasteiger partial charge < -0.3 is 9.32 Å². The minimum atomic E-state index is -0.595. The van der Waals surface area contributed by atoms with E-state index in [2.05, 4.69) is 4.98 Å². The van der Waals surface area contributed by atoms with E-state index in [1.54, 1.807) is 29.4 Å². The van der Waals surface area contributed by atoms with Crippen molar-refractivity contribution < 1.29 is 9.21 Å². The number of nitrogens with zero attached hydrogens (tertiary/aromatic N) is 2. The Kier molecular flexibility index (Phi) is 4.63. The van der Waals surface area contributed by atoms with Gasteiger partial charge >= 0.3 is 0 Å². The van der Waals surface area contributed by atoms with Crippen molar-refractivity contribution in [3.8, 4) is 0 Å². The van der Waals surface area contributed by atoms with E-state index in [0.717, 1.165) is 22.3 Å². The van der Waals surface area contributed by atoms with Crippen molar-refractivity contribution in [2.75, 3.05) is 0 Å². The van der Waals surface area contributed by atoms with Crippen LogP contribution in [-0.2, 0) is 6.54 Å². The molecular formula is C25H19ClN2O3. The lowest BCUT2D eigenvalue weighted by atomic mass is 9.97. The quantitative estimate of drug-likeness (QED) is 0.448. The standard InChI is InChI=1S/C25H19ClN2O3/c1-14-9-15(2)23-19(10-14)22(29)20-21(17-6-3-7-18(26)11-17)28(25(30)24(20)31-23)13-16-5-4-8-27-12-16/h3-12,21H,13H2,1-2H3/t21-/m1/s1. The van der Waals surface area contributed by atoms with Crippen LogP contribution in [0.5, 0.6) is 0 Å². The first-order valence-corrected chi connectivity index (χ1v) is 10.3. The fraction of sp³-hybridized carbons (Fsp3) is 0.160. The van der Waals surface area contributed by atoms with Crippen molar-refractivity contribution in [3.63, 3.8) is 0 Å². The molecule has 2 aromatic carbocycles. The van der Waals surface area contributed by atoms with E-state index in [9.17, 15) is 9.59 Å². The number of pyridine rings is 1. The maximum Gasteiger partial charge on any atom is 0.291 e. The molecule has 0 spiro atoms. The van der Waals surface area contributed by atoms with E-state index in [4.69, 9.17) is 16.0 Å². The molecule has 6 heteroatoms. The number of benzene rings is 2. The minimum Gasteiger partial charge on any atom is -0.450 e. The number of halogens is 1. The molecule has 5 rings (SSSR count). The molecule has 0 unspecified atom stereocenters. The number of aromatic nitrogens is 1. The van der Waals surface area contributed by atoms with Gasteiger partial charge in [0.05, 0.1) is 17.0 Å². The minimum absolute atomic E-state index is 0.0957. The zero-order chi connectivity index (χ0) is 21.7. The average Bonchev–Trinajstić information content (AvgIpc) is 3.02. The van der Waals surface area contributed by atoms with Gasteiger partial charge in [0.1, 0.15) is 5.58 Å². The highest BCUT2D eigenvalue weighted by Gasteiger charge is 2.42. The molecule has 0 N–H and O–H groups in total. The largest absolute Gasteiger partial charge is 0.450 e. The molecule has 1 amide bonds. The first kappa shape index (κ1) is 19.5. The number of amides is 1. The second-order valence-corrected chi connectivity index (χ2v) is 8.32. The lowest BCUT2D eigenvalue weighted by molar-refractivity contribution is 0.0714. The van der Waals surface area contributed by atoms with Gasteiger partial charge in [0.25, 0.3) is 5.91 Å². The van der Waals surface area contributed by atoms with Crippen molar-refractivity contribution in [2.45, 2.75) is 26.4 Å². The Labute approximate surface area is 183 Å². The molecule has 154 valence electrons. The lowest BCUT2D eigenvalue weighted by Gasteiger charge is -2.25. The molecule has 2 aromatic heterocycles. The monoisotopic (exact) mass is 430 g/mol. The van der Waals surface area contributed by atoms with Gasteiger partial charge in [-0.15, -0.1) is 0 Å². The fourth-order valence-corrected chi connectivity index (χ4v) is 4.55. The molecule has 1 aliphatic heterocycles. The first-order valence-electron chi connectivity index (χ1n) is 9.97. The van der Waals surface area contributed by atoms with Crippen LogP contribution in [0.15, 0.2) is 70.1 Å². The molecule has 1 atom stereocenters. The molecule has 0 saturated carbocycles. The Morgan fingerprint density at radius 2 is 1.94 bits per heavy atom. The van der Waals surface area contributed by atoms with Crippen LogP contribution in [0, 0.1) is 13.8 Å². The van der Waals surface area contributed by atoms with Crippen LogP contribution in [0.25, 0.3) is 11.0 Å². The molecule has 0 radical (unpaired) electrons. The molecule has 0 bridgehead atoms. The summed E-state index contributed by atoms with van der Waals surface area (Å²) in [6.45, 7) is 4.11. The number of hydrogen-bond donors (Lipinski definition) is 0. The predicted octanol–water partition coefficient (Wildman–Crippen LogP) is 5.20. The van der Waals surface area contributed by atoms with Gasteiger partial charge in [0, 0.05) is 24.0 Å². The van der Waals surface area contributed by atoms with Crippen LogP contribution in [0.4, 0.5) is 0 Å². The van der Waals surface area contributed by atoms with Crippen molar-refractivity contribution in [3.05, 3.63) is 110 Å². The Balaban J connectivity index is 1.77. The summed E-state index contributed by atoms with van der Waals surface area (Å²) in [5, 5.41) is 1.02. The van der Waals surface area contributed by atoms with Crippen molar-refractivity contribution in [1.82, 2.24) is 9.88 Å². The van der Waals surface area contributed by atoms with Gasteiger partial charge in [-0.05, 0) is 60.4 Å². The molecule has 5 nitrogen and oxygen atoms in total. The highest BCUT2D eigenvalue weighted by molar-refractivity contribution is 6.30. The zero-order valence-corrected chi connectivity index (χ0v) is 17.8. The molecule has 0 fully saturated rings. The van der Waals surface area contributed by atoms with Crippen LogP contribution in [-0.4, -0.2) is 15.8 Å². The maximum absolute atomic E-state index is 13.7. The van der Waals surface area contributed by atoms with Crippen LogP contribution in [0.1, 0.15) is 44.4 Å². The SMILES string of the molecule is Cc1cc(C)c2oc3c(c(=O)c2c1)[C@@H](c1cccc(Cl)c1)N(Cc1cccnc1)C3=O. The van der Waals surface area contributed by atoms with Crippen LogP contribution in [0.2, 0.25) is 5.02 Å². The van der Waals surface area contributed by atoms with Gasteiger partial charge in [-0.25, -0.2) is 0 Å². The summed E-state index contributed by atoms with van der Waals surface area (Å²) in [5.41, 5.74) is 4.04. The number of carbonyl (C=O) groups excluding carboxylic acids is 1. The highest BCUT2D eigenvalue weighted by Crippen LogP contribution is 2.40. The summed E-state index contributed by atoms with van der Waals surface area (Å²) in [4.78, 5) is 32.9. The van der Waals surface area contributed by atoms with Crippen molar-refractivity contribution >= 4 is 28.5 Å². The van der Waals surface area contributed by atoms with E-state index in [1.807, 2.05) is 50.2 Å². The Hall–Kier alpha value is -3.44. The van der Waals surface area contributed by atoms with Crippen LogP contribution in [0.3, 0.4) is 0 Å². The Morgan fingerprint density at radius 3 is 2.68 bits per heavy atom. The van der Waals surface area contributed by atoms with E-state index in [0.29, 0.717) is 28.1 Å². The molecular weight excluding hydrogens is 412 g/mol. The topological polar surface area (TPSA) is 63.4 Å². The summed E-state index contributed by atoms with van der Waals surface area (Å²) < 4.78 is 6.09. The predicted molar refractivity (Wildman–Crippen MR) is 119 cm³/mol. The molecule has 31 heavy (non-hydrogen) atoms. The third-order valence-electron chi connectivity index (χ3n) is 5.64. The summed E-state index contributed by atoms with van der Waals surface area (Å²) in [6, 6.07) is 14.1. The first-order chi connectivity index (χ1) is 14.9. The molecule has 1 aliphatic rings. The third-order valence-corrected chi connectivity index (χ3v) is 5.87. The molecule has 0 saturated heterocycles. The Bertz CT molecular complexity index is 1400. The summed E-state index contributed by atoms with van der Waals surface area (Å²) in [5.74, 6) is -0.221. The van der Waals surface area contributed by atoms with Gasteiger partial charge in [-0.1, -0.05) is 35.9 Å². The normalized spacial score (nSPS) is 15.5.